The van der Waals surface area contributed by atoms with E-state index in [9.17, 15) is 9.36 Å². The third kappa shape index (κ3) is 3.59. The van der Waals surface area contributed by atoms with E-state index in [0.717, 1.165) is 0 Å². The molecule has 0 saturated carbocycles. The number of esters is 1. The van der Waals surface area contributed by atoms with Crippen molar-refractivity contribution in [2.75, 3.05) is 19.9 Å². The van der Waals surface area contributed by atoms with Crippen LogP contribution in [0.4, 0.5) is 0 Å². The van der Waals surface area contributed by atoms with Gasteiger partial charge in [-0.2, -0.15) is 0 Å². The predicted molar refractivity (Wildman–Crippen MR) is 48.7 cm³/mol. The van der Waals surface area contributed by atoms with Crippen LogP contribution in [0, 0.1) is 12.3 Å². The Balaban J connectivity index is 4.14. The normalized spacial score (nSPS) is 13.2. The van der Waals surface area contributed by atoms with Crippen LogP contribution in [0.2, 0.25) is 0 Å². The lowest BCUT2D eigenvalue weighted by Crippen LogP contribution is -2.19. The molecule has 0 spiro atoms. The second kappa shape index (κ2) is 4.33. The second-order valence-electron chi connectivity index (χ2n) is 2.92. The smallest absolute Gasteiger partial charge is 0.317 e. The van der Waals surface area contributed by atoms with Crippen LogP contribution < -0.4 is 0 Å². The minimum atomic E-state index is -2.40. The zero-order valence-corrected chi connectivity index (χ0v) is 8.43. The van der Waals surface area contributed by atoms with Gasteiger partial charge in [0.2, 0.25) is 0 Å². The van der Waals surface area contributed by atoms with Crippen LogP contribution in [0.15, 0.2) is 0 Å². The average molecular weight is 188 g/mol. The third-order valence-corrected chi connectivity index (χ3v) is 3.65. The first-order valence-corrected chi connectivity index (χ1v) is 6.21. The number of ether oxygens (including phenoxy) is 1. The van der Waals surface area contributed by atoms with Crippen LogP contribution in [0.3, 0.4) is 0 Å². The molecule has 0 bridgehead atoms. The summed E-state index contributed by atoms with van der Waals surface area (Å²) >= 11 is 0. The Labute approximate surface area is 72.9 Å². The molecule has 0 fully saturated rings. The molecule has 0 aromatic carbocycles. The monoisotopic (exact) mass is 188 g/mol. The zero-order valence-electron chi connectivity index (χ0n) is 7.53. The fourth-order valence-corrected chi connectivity index (χ4v) is 1.07. The molecule has 0 N–H and O–H groups in total. The van der Waals surface area contributed by atoms with Crippen molar-refractivity contribution in [3.63, 3.8) is 0 Å². The zero-order chi connectivity index (χ0) is 9.78. The number of hydrogen-bond acceptors (Lipinski definition) is 3. The molecule has 0 heterocycles. The van der Waals surface area contributed by atoms with Gasteiger partial charge in [-0.3, -0.25) is 4.79 Å². The maximum absolute atomic E-state index is 11.4. The molecule has 0 aliphatic carbocycles. The molecule has 0 aliphatic heterocycles. The van der Waals surface area contributed by atoms with Crippen LogP contribution in [0.5, 0.6) is 0 Å². The highest BCUT2D eigenvalue weighted by molar-refractivity contribution is 7.64. The van der Waals surface area contributed by atoms with Crippen molar-refractivity contribution in [1.82, 2.24) is 0 Å². The van der Waals surface area contributed by atoms with Crippen LogP contribution >= 0.6 is 7.14 Å². The number of carbonyl (C=O) groups excluding carboxylic acids is 1. The quantitative estimate of drug-likeness (QED) is 0.379. The summed E-state index contributed by atoms with van der Waals surface area (Å²) in [5, 5.41) is 0. The Morgan fingerprint density at radius 1 is 1.67 bits per heavy atom. The highest BCUT2D eigenvalue weighted by Crippen LogP contribution is 2.42. The molecule has 1 unspecified atom stereocenters. The van der Waals surface area contributed by atoms with E-state index < -0.39 is 18.8 Å². The van der Waals surface area contributed by atoms with Gasteiger partial charge in [0.15, 0.2) is 6.61 Å². The highest BCUT2D eigenvalue weighted by atomic mass is 31.2. The van der Waals surface area contributed by atoms with Gasteiger partial charge in [0.1, 0.15) is 5.66 Å². The molecule has 0 saturated heterocycles. The van der Waals surface area contributed by atoms with Gasteiger partial charge >= 0.3 is 5.97 Å². The lowest BCUT2D eigenvalue weighted by Gasteiger charge is -2.13. The standard InChI is InChI=1S/C8H13O3P/c1-5-6-11-8(9)7(2)12(3,4)10/h1,7H,6H2,2-4H3. The predicted octanol–water partition coefficient (Wildman–Crippen LogP) is 1.17. The van der Waals surface area contributed by atoms with E-state index in [1.54, 1.807) is 20.3 Å². The van der Waals surface area contributed by atoms with E-state index >= 15 is 0 Å². The number of hydrogen-bond donors (Lipinski definition) is 0. The Kier molecular flexibility index (Phi) is 4.06. The molecule has 0 rings (SSSR count). The maximum atomic E-state index is 11.4. The average Bonchev–Trinajstić information content (AvgIpc) is 1.97. The molecule has 0 aromatic heterocycles. The van der Waals surface area contributed by atoms with Gasteiger partial charge in [-0.15, -0.1) is 6.42 Å². The first kappa shape index (κ1) is 11.3. The Morgan fingerprint density at radius 2 is 2.17 bits per heavy atom. The van der Waals surface area contributed by atoms with E-state index in [0.29, 0.717) is 0 Å². The molecular weight excluding hydrogens is 175 g/mol. The van der Waals surface area contributed by atoms with Crippen LogP contribution in [-0.2, 0) is 14.1 Å². The highest BCUT2D eigenvalue weighted by Gasteiger charge is 2.26. The molecule has 68 valence electrons. The number of terminal acetylenes is 1. The summed E-state index contributed by atoms with van der Waals surface area (Å²) in [6.45, 7) is 4.63. The van der Waals surface area contributed by atoms with Crippen LogP contribution in [-0.4, -0.2) is 31.6 Å². The first-order valence-electron chi connectivity index (χ1n) is 3.54. The number of rotatable bonds is 3. The fraction of sp³-hybridized carbons (Fsp3) is 0.625. The lowest BCUT2D eigenvalue weighted by molar-refractivity contribution is -0.141. The molecule has 0 aliphatic rings. The van der Waals surface area contributed by atoms with Crippen LogP contribution in [0.1, 0.15) is 6.92 Å². The summed E-state index contributed by atoms with van der Waals surface area (Å²) in [6.07, 6.45) is 4.89. The molecule has 1 atom stereocenters. The van der Waals surface area contributed by atoms with E-state index in [1.165, 1.54) is 0 Å². The minimum absolute atomic E-state index is 0.0524. The van der Waals surface area contributed by atoms with Crippen molar-refractivity contribution in [2.45, 2.75) is 12.6 Å². The molecule has 0 amide bonds. The van der Waals surface area contributed by atoms with Gasteiger partial charge in [-0.25, -0.2) is 0 Å². The molecule has 3 nitrogen and oxygen atoms in total. The van der Waals surface area contributed by atoms with E-state index in [2.05, 4.69) is 10.7 Å². The summed E-state index contributed by atoms with van der Waals surface area (Å²) in [7, 11) is -2.40. The van der Waals surface area contributed by atoms with Gasteiger partial charge in [0.25, 0.3) is 0 Å². The summed E-state index contributed by atoms with van der Waals surface area (Å²) in [5.41, 5.74) is -0.564. The molecular formula is C8H13O3P. The third-order valence-electron chi connectivity index (χ3n) is 1.57. The molecule has 12 heavy (non-hydrogen) atoms. The lowest BCUT2D eigenvalue weighted by atomic mass is 10.5. The number of carbonyl (C=O) groups is 1. The van der Waals surface area contributed by atoms with Gasteiger partial charge in [0, 0.05) is 0 Å². The van der Waals surface area contributed by atoms with Gasteiger partial charge < -0.3 is 9.30 Å². The van der Waals surface area contributed by atoms with Crippen molar-refractivity contribution < 1.29 is 14.1 Å². The van der Waals surface area contributed by atoms with Crippen LogP contribution in [0.25, 0.3) is 0 Å². The Hall–Kier alpha value is -0.740. The van der Waals surface area contributed by atoms with Crippen molar-refractivity contribution in [3.05, 3.63) is 0 Å². The van der Waals surface area contributed by atoms with Gasteiger partial charge in [-0.05, 0) is 20.3 Å². The SMILES string of the molecule is C#CCOC(=O)C(C)P(C)(C)=O. The maximum Gasteiger partial charge on any atom is 0.317 e. The van der Waals surface area contributed by atoms with Gasteiger partial charge in [-0.1, -0.05) is 5.92 Å². The summed E-state index contributed by atoms with van der Waals surface area (Å²) < 4.78 is 16.0. The summed E-state index contributed by atoms with van der Waals surface area (Å²) in [6, 6.07) is 0. The fourth-order valence-electron chi connectivity index (χ4n) is 0.487. The summed E-state index contributed by atoms with van der Waals surface area (Å²) in [4.78, 5) is 11.1. The molecule has 0 radical (unpaired) electrons. The summed E-state index contributed by atoms with van der Waals surface area (Å²) in [5.74, 6) is 1.69. The molecule has 0 aromatic rings. The van der Waals surface area contributed by atoms with Crippen molar-refractivity contribution in [3.8, 4) is 12.3 Å². The van der Waals surface area contributed by atoms with Crippen molar-refractivity contribution in [1.29, 1.82) is 0 Å². The topological polar surface area (TPSA) is 43.4 Å². The Morgan fingerprint density at radius 3 is 2.50 bits per heavy atom. The van der Waals surface area contributed by atoms with Crippen molar-refractivity contribution in [2.24, 2.45) is 0 Å². The second-order valence-corrected chi connectivity index (χ2v) is 6.56. The van der Waals surface area contributed by atoms with Crippen molar-refractivity contribution >= 4 is 13.1 Å². The first-order chi connectivity index (χ1) is 5.39. The van der Waals surface area contributed by atoms with E-state index in [4.69, 9.17) is 6.42 Å². The minimum Gasteiger partial charge on any atom is -0.452 e. The van der Waals surface area contributed by atoms with Gasteiger partial charge in [0.05, 0.1) is 7.14 Å². The van der Waals surface area contributed by atoms with E-state index in [-0.39, 0.29) is 6.61 Å². The largest absolute Gasteiger partial charge is 0.452 e. The molecule has 4 heteroatoms. The van der Waals surface area contributed by atoms with E-state index in [1.807, 2.05) is 0 Å². The Bertz CT molecular complexity index is 246.